The molecule has 5 nitrogen and oxygen atoms in total. The monoisotopic (exact) mass is 489 g/mol. The van der Waals surface area contributed by atoms with Crippen LogP contribution in [0.4, 0.5) is 18.9 Å². The second-order valence-electron chi connectivity index (χ2n) is 6.98. The number of carbonyl (C=O) groups excluding carboxylic acids is 2. The molecule has 0 bridgehead atoms. The summed E-state index contributed by atoms with van der Waals surface area (Å²) in [6, 6.07) is 18.7. The Balaban J connectivity index is 1.47. The Morgan fingerprint density at radius 2 is 1.62 bits per heavy atom. The summed E-state index contributed by atoms with van der Waals surface area (Å²) in [6.45, 7) is -0.430. The first-order valence-electron chi connectivity index (χ1n) is 9.99. The lowest BCUT2D eigenvalue weighted by molar-refractivity contribution is -0.142. The van der Waals surface area contributed by atoms with Gasteiger partial charge in [-0.3, -0.25) is 4.79 Å². The van der Waals surface area contributed by atoms with Crippen molar-refractivity contribution in [2.75, 3.05) is 11.9 Å². The quantitative estimate of drug-likeness (QED) is 0.305. The van der Waals surface area contributed by atoms with E-state index in [0.29, 0.717) is 22.9 Å². The van der Waals surface area contributed by atoms with Gasteiger partial charge in [-0.15, -0.1) is 0 Å². The van der Waals surface area contributed by atoms with Crippen molar-refractivity contribution in [3.05, 3.63) is 101 Å². The number of halogens is 4. The number of ether oxygens (including phenoxy) is 2. The zero-order valence-corrected chi connectivity index (χ0v) is 18.4. The molecule has 0 radical (unpaired) electrons. The number of benzene rings is 3. The van der Waals surface area contributed by atoms with Gasteiger partial charge in [0.05, 0.1) is 11.3 Å². The normalized spacial score (nSPS) is 11.3. The lowest BCUT2D eigenvalue weighted by atomic mass is 10.1. The number of anilines is 1. The van der Waals surface area contributed by atoms with Gasteiger partial charge in [0.1, 0.15) is 12.4 Å². The molecule has 0 saturated carbocycles. The number of hydrogen-bond acceptors (Lipinski definition) is 4. The first kappa shape index (κ1) is 24.9. The third-order valence-corrected chi connectivity index (χ3v) is 4.86. The number of nitrogens with one attached hydrogen (secondary N) is 1. The molecule has 0 heterocycles. The summed E-state index contributed by atoms with van der Waals surface area (Å²) in [7, 11) is 0. The van der Waals surface area contributed by atoms with Gasteiger partial charge in [-0.25, -0.2) is 4.79 Å². The van der Waals surface area contributed by atoms with Gasteiger partial charge >= 0.3 is 12.1 Å². The topological polar surface area (TPSA) is 64.6 Å². The average Bonchev–Trinajstić information content (AvgIpc) is 2.81. The van der Waals surface area contributed by atoms with Crippen LogP contribution in [0.3, 0.4) is 0 Å². The maximum Gasteiger partial charge on any atom is 0.418 e. The van der Waals surface area contributed by atoms with Gasteiger partial charge in [-0.05, 0) is 42.0 Å². The van der Waals surface area contributed by atoms with Gasteiger partial charge in [-0.2, -0.15) is 13.2 Å². The van der Waals surface area contributed by atoms with E-state index in [9.17, 15) is 22.8 Å². The Morgan fingerprint density at radius 3 is 2.32 bits per heavy atom. The molecule has 9 heteroatoms. The zero-order valence-electron chi connectivity index (χ0n) is 17.6. The molecule has 0 aromatic heterocycles. The first-order valence-corrected chi connectivity index (χ1v) is 10.4. The number of alkyl halides is 3. The Bertz CT molecular complexity index is 1180. The van der Waals surface area contributed by atoms with Crippen molar-refractivity contribution >= 4 is 35.2 Å². The van der Waals surface area contributed by atoms with Gasteiger partial charge < -0.3 is 14.8 Å². The van der Waals surface area contributed by atoms with Gasteiger partial charge in [-0.1, -0.05) is 54.1 Å². The van der Waals surface area contributed by atoms with Crippen molar-refractivity contribution in [3.63, 3.8) is 0 Å². The molecule has 0 spiro atoms. The van der Waals surface area contributed by atoms with Crippen molar-refractivity contribution in [3.8, 4) is 5.75 Å². The van der Waals surface area contributed by atoms with Crippen molar-refractivity contribution in [1.29, 1.82) is 0 Å². The van der Waals surface area contributed by atoms with E-state index in [1.165, 1.54) is 18.2 Å². The van der Waals surface area contributed by atoms with E-state index in [1.807, 2.05) is 18.2 Å². The van der Waals surface area contributed by atoms with Gasteiger partial charge in [0.2, 0.25) is 0 Å². The van der Waals surface area contributed by atoms with Crippen LogP contribution in [-0.4, -0.2) is 18.5 Å². The maximum atomic E-state index is 13.0. The van der Waals surface area contributed by atoms with Crippen LogP contribution in [-0.2, 0) is 27.1 Å². The van der Waals surface area contributed by atoms with E-state index in [0.717, 1.165) is 23.8 Å². The van der Waals surface area contributed by atoms with Crippen LogP contribution in [0.25, 0.3) is 6.08 Å². The third kappa shape index (κ3) is 7.38. The molecule has 1 N–H and O–H groups in total. The summed E-state index contributed by atoms with van der Waals surface area (Å²) in [6.07, 6.45) is -2.05. The number of amides is 1. The molecule has 1 amide bonds. The van der Waals surface area contributed by atoms with Crippen LogP contribution in [0, 0.1) is 0 Å². The Morgan fingerprint density at radius 1 is 0.941 bits per heavy atom. The molecule has 3 aromatic rings. The van der Waals surface area contributed by atoms with Crippen LogP contribution < -0.4 is 10.1 Å². The second kappa shape index (κ2) is 11.4. The largest absolute Gasteiger partial charge is 0.489 e. The number of hydrogen-bond donors (Lipinski definition) is 1. The number of carbonyl (C=O) groups is 2. The summed E-state index contributed by atoms with van der Waals surface area (Å²) in [5.41, 5.74) is 0.115. The van der Waals surface area contributed by atoms with E-state index >= 15 is 0 Å². The molecule has 3 aromatic carbocycles. The lowest BCUT2D eigenvalue weighted by Gasteiger charge is -2.13. The highest BCUT2D eigenvalue weighted by molar-refractivity contribution is 6.31. The predicted molar refractivity (Wildman–Crippen MR) is 122 cm³/mol. The molecule has 3 rings (SSSR count). The van der Waals surface area contributed by atoms with E-state index in [1.54, 1.807) is 30.3 Å². The first-order chi connectivity index (χ1) is 16.2. The van der Waals surface area contributed by atoms with Crippen LogP contribution in [0.1, 0.15) is 16.7 Å². The molecule has 34 heavy (non-hydrogen) atoms. The fraction of sp³-hybridized carbons (Fsp3) is 0.120. The minimum Gasteiger partial charge on any atom is -0.489 e. The summed E-state index contributed by atoms with van der Waals surface area (Å²) in [5, 5.41) is 2.71. The fourth-order valence-electron chi connectivity index (χ4n) is 2.83. The van der Waals surface area contributed by atoms with Gasteiger partial charge in [0, 0.05) is 16.7 Å². The smallest absolute Gasteiger partial charge is 0.418 e. The van der Waals surface area contributed by atoms with Crippen LogP contribution in [0.5, 0.6) is 5.75 Å². The Kier molecular flexibility index (Phi) is 8.32. The summed E-state index contributed by atoms with van der Waals surface area (Å²) < 4.78 is 49.4. The van der Waals surface area contributed by atoms with Crippen LogP contribution in [0.15, 0.2) is 78.9 Å². The molecule has 0 aliphatic rings. The number of esters is 1. The highest BCUT2D eigenvalue weighted by Gasteiger charge is 2.33. The molecule has 176 valence electrons. The van der Waals surface area contributed by atoms with Gasteiger partial charge in [0.15, 0.2) is 6.61 Å². The van der Waals surface area contributed by atoms with E-state index in [2.05, 4.69) is 5.32 Å². The molecule has 0 unspecified atom stereocenters. The molecule has 0 saturated heterocycles. The van der Waals surface area contributed by atoms with Crippen molar-refractivity contribution < 1.29 is 32.2 Å². The minimum absolute atomic E-state index is 0.302. The van der Waals surface area contributed by atoms with E-state index < -0.39 is 35.9 Å². The predicted octanol–water partition coefficient (Wildman–Crippen LogP) is 6.13. The van der Waals surface area contributed by atoms with Crippen LogP contribution in [0.2, 0.25) is 5.02 Å². The molecule has 0 fully saturated rings. The highest BCUT2D eigenvalue weighted by Crippen LogP contribution is 2.34. The molecule has 0 atom stereocenters. The molecule has 0 aliphatic heterocycles. The summed E-state index contributed by atoms with van der Waals surface area (Å²) >= 11 is 6.09. The minimum atomic E-state index is -4.63. The van der Waals surface area contributed by atoms with Crippen molar-refractivity contribution in [2.24, 2.45) is 0 Å². The standard InChI is InChI=1S/C25H19ClF3NO4/c26-21-7-3-1-5-18(21)15-33-19-12-9-17(10-13-19)11-14-24(32)34-16-23(31)30-22-8-4-2-6-20(22)25(27,28)29/h1-14H,15-16H2,(H,30,31). The van der Waals surface area contributed by atoms with Gasteiger partial charge in [0.25, 0.3) is 5.91 Å². The zero-order chi connectivity index (χ0) is 24.6. The maximum absolute atomic E-state index is 13.0. The van der Waals surface area contributed by atoms with Crippen molar-refractivity contribution in [2.45, 2.75) is 12.8 Å². The van der Waals surface area contributed by atoms with Crippen LogP contribution >= 0.6 is 11.6 Å². The molecular formula is C25H19ClF3NO4. The highest BCUT2D eigenvalue weighted by atomic mass is 35.5. The summed E-state index contributed by atoms with van der Waals surface area (Å²) in [4.78, 5) is 23.7. The average molecular weight is 490 g/mol. The number of para-hydroxylation sites is 1. The number of rotatable bonds is 8. The lowest BCUT2D eigenvalue weighted by Crippen LogP contribution is -2.22. The van der Waals surface area contributed by atoms with E-state index in [-0.39, 0.29) is 0 Å². The Labute approximate surface area is 198 Å². The second-order valence-corrected chi connectivity index (χ2v) is 7.39. The van der Waals surface area contributed by atoms with E-state index in [4.69, 9.17) is 21.1 Å². The summed E-state index contributed by atoms with van der Waals surface area (Å²) in [5.74, 6) is -1.10. The molecular weight excluding hydrogens is 471 g/mol. The third-order valence-electron chi connectivity index (χ3n) is 4.50. The Hall–Kier alpha value is -3.78. The SMILES string of the molecule is O=C(COC(=O)C=Cc1ccc(OCc2ccccc2Cl)cc1)Nc1ccccc1C(F)(F)F. The fourth-order valence-corrected chi connectivity index (χ4v) is 3.02. The molecule has 0 aliphatic carbocycles. The van der Waals surface area contributed by atoms with Crippen molar-refractivity contribution in [1.82, 2.24) is 0 Å².